The summed E-state index contributed by atoms with van der Waals surface area (Å²) in [4.78, 5) is 36.2. The molecule has 10 nitrogen and oxygen atoms in total. The first kappa shape index (κ1) is 22.8. The molecule has 2 amide bonds. The molecule has 166 valence electrons. The van der Waals surface area contributed by atoms with Crippen LogP contribution in [0.4, 0.5) is 5.69 Å². The number of nitrogens with zero attached hydrogens (tertiary/aromatic N) is 2. The first-order chi connectivity index (χ1) is 15.3. The molecule has 5 N–H and O–H groups in total. The van der Waals surface area contributed by atoms with Crippen molar-refractivity contribution in [1.82, 2.24) is 20.3 Å². The number of carbonyl (C=O) groups excluding carboxylic acids is 2. The molecule has 0 bridgehead atoms. The lowest BCUT2D eigenvalue weighted by Gasteiger charge is -2.11. The molecule has 0 aliphatic carbocycles. The number of amides is 2. The SMILES string of the molecule is COCCNC(=O)c1cc(-c2cc3cc(NC(=O)C(=N)C(C)C(C)=N)cnc3[nH]2)ccn1. The Morgan fingerprint density at radius 3 is 2.72 bits per heavy atom. The van der Waals surface area contributed by atoms with Gasteiger partial charge in [0.25, 0.3) is 11.8 Å². The zero-order valence-corrected chi connectivity index (χ0v) is 18.1. The van der Waals surface area contributed by atoms with E-state index in [2.05, 4.69) is 25.6 Å². The van der Waals surface area contributed by atoms with E-state index in [1.807, 2.05) is 6.07 Å². The van der Waals surface area contributed by atoms with Crippen molar-refractivity contribution in [2.24, 2.45) is 5.92 Å². The highest BCUT2D eigenvalue weighted by Gasteiger charge is 2.19. The van der Waals surface area contributed by atoms with Crippen LogP contribution in [0, 0.1) is 16.7 Å². The van der Waals surface area contributed by atoms with Crippen molar-refractivity contribution >= 4 is 40.0 Å². The Balaban J connectivity index is 1.79. The van der Waals surface area contributed by atoms with Crippen molar-refractivity contribution < 1.29 is 14.3 Å². The minimum Gasteiger partial charge on any atom is -0.383 e. The van der Waals surface area contributed by atoms with Gasteiger partial charge in [-0.25, -0.2) is 4.98 Å². The molecule has 0 saturated carbocycles. The summed E-state index contributed by atoms with van der Waals surface area (Å²) in [6, 6.07) is 7.06. The number of anilines is 1. The Morgan fingerprint density at radius 1 is 1.22 bits per heavy atom. The summed E-state index contributed by atoms with van der Waals surface area (Å²) >= 11 is 0. The van der Waals surface area contributed by atoms with E-state index in [1.54, 1.807) is 45.4 Å². The standard InChI is InChI=1S/C22H25N7O3/c1-12(13(2)23)19(24)22(31)28-16-8-15-10-17(29-20(15)27-11-16)14-4-5-25-18(9-14)21(30)26-6-7-32-3/h4-5,8-12,23-24H,6-7H2,1-3H3,(H,26,30)(H,27,29)(H,28,31). The summed E-state index contributed by atoms with van der Waals surface area (Å²) in [6.45, 7) is 4.01. The van der Waals surface area contributed by atoms with Crippen molar-refractivity contribution in [2.75, 3.05) is 25.6 Å². The molecule has 32 heavy (non-hydrogen) atoms. The number of aromatic amines is 1. The number of aromatic nitrogens is 3. The van der Waals surface area contributed by atoms with Gasteiger partial charge in [-0.15, -0.1) is 0 Å². The monoisotopic (exact) mass is 435 g/mol. The summed E-state index contributed by atoms with van der Waals surface area (Å²) in [5.74, 6) is -1.42. The molecule has 3 aromatic rings. The van der Waals surface area contributed by atoms with E-state index in [1.165, 1.54) is 6.20 Å². The molecule has 10 heteroatoms. The molecule has 0 spiro atoms. The molecule has 1 atom stereocenters. The van der Waals surface area contributed by atoms with E-state index in [-0.39, 0.29) is 23.0 Å². The summed E-state index contributed by atoms with van der Waals surface area (Å²) < 4.78 is 4.93. The van der Waals surface area contributed by atoms with Gasteiger partial charge in [-0.05, 0) is 31.2 Å². The van der Waals surface area contributed by atoms with Crippen molar-refractivity contribution in [1.29, 1.82) is 10.8 Å². The number of fused-ring (bicyclic) bond motifs is 1. The predicted octanol–water partition coefficient (Wildman–Crippen LogP) is 2.64. The Labute approximate surface area is 184 Å². The lowest BCUT2D eigenvalue weighted by molar-refractivity contribution is -0.110. The van der Waals surface area contributed by atoms with Crippen molar-refractivity contribution in [3.8, 4) is 11.3 Å². The third-order valence-corrected chi connectivity index (χ3v) is 4.95. The van der Waals surface area contributed by atoms with Crippen LogP contribution in [0.1, 0.15) is 24.3 Å². The first-order valence-corrected chi connectivity index (χ1v) is 9.97. The fourth-order valence-corrected chi connectivity index (χ4v) is 2.93. The van der Waals surface area contributed by atoms with Crippen molar-refractivity contribution in [3.05, 3.63) is 42.4 Å². The Hall–Kier alpha value is -3.92. The van der Waals surface area contributed by atoms with Crippen LogP contribution in [0.2, 0.25) is 0 Å². The zero-order valence-electron chi connectivity index (χ0n) is 18.1. The van der Waals surface area contributed by atoms with Gasteiger partial charge in [-0.1, -0.05) is 6.92 Å². The number of rotatable bonds is 9. The maximum atomic E-state index is 12.3. The van der Waals surface area contributed by atoms with Gasteiger partial charge in [0.2, 0.25) is 0 Å². The highest BCUT2D eigenvalue weighted by molar-refractivity contribution is 6.45. The topological polar surface area (TPSA) is 157 Å². The molecular weight excluding hydrogens is 410 g/mol. The molecule has 1 unspecified atom stereocenters. The molecule has 3 rings (SSSR count). The van der Waals surface area contributed by atoms with Crippen LogP contribution in [0.3, 0.4) is 0 Å². The predicted molar refractivity (Wildman–Crippen MR) is 122 cm³/mol. The van der Waals surface area contributed by atoms with E-state index < -0.39 is 11.8 Å². The summed E-state index contributed by atoms with van der Waals surface area (Å²) in [5, 5.41) is 21.7. The summed E-state index contributed by atoms with van der Waals surface area (Å²) in [5.41, 5.74) is 2.91. The van der Waals surface area contributed by atoms with Crippen LogP contribution < -0.4 is 10.6 Å². The van der Waals surface area contributed by atoms with E-state index in [0.29, 0.717) is 24.5 Å². The van der Waals surface area contributed by atoms with Crippen LogP contribution in [-0.2, 0) is 9.53 Å². The van der Waals surface area contributed by atoms with Gasteiger partial charge in [-0.3, -0.25) is 20.0 Å². The third kappa shape index (κ3) is 5.22. The smallest absolute Gasteiger partial charge is 0.270 e. The third-order valence-electron chi connectivity index (χ3n) is 4.95. The maximum absolute atomic E-state index is 12.3. The van der Waals surface area contributed by atoms with Crippen LogP contribution in [-0.4, -0.2) is 58.5 Å². The normalized spacial score (nSPS) is 11.7. The first-order valence-electron chi connectivity index (χ1n) is 9.97. The molecule has 0 saturated heterocycles. The van der Waals surface area contributed by atoms with Gasteiger partial charge >= 0.3 is 0 Å². The highest BCUT2D eigenvalue weighted by Crippen LogP contribution is 2.25. The van der Waals surface area contributed by atoms with Gasteiger partial charge < -0.3 is 25.8 Å². The second kappa shape index (κ2) is 9.92. The average Bonchev–Trinajstić information content (AvgIpc) is 3.21. The number of nitrogens with one attached hydrogen (secondary N) is 5. The number of methoxy groups -OCH3 is 1. The molecular formula is C22H25N7O3. The fourth-order valence-electron chi connectivity index (χ4n) is 2.93. The number of ether oxygens (including phenoxy) is 1. The quantitative estimate of drug-likeness (QED) is 0.258. The van der Waals surface area contributed by atoms with E-state index >= 15 is 0 Å². The molecule has 0 radical (unpaired) electrons. The average molecular weight is 435 g/mol. The molecule has 3 heterocycles. The highest BCUT2D eigenvalue weighted by atomic mass is 16.5. The van der Waals surface area contributed by atoms with Crippen LogP contribution in [0.5, 0.6) is 0 Å². The second-order valence-corrected chi connectivity index (χ2v) is 7.30. The number of pyridine rings is 2. The minimum atomic E-state index is -0.570. The van der Waals surface area contributed by atoms with Crippen LogP contribution in [0.15, 0.2) is 36.7 Å². The van der Waals surface area contributed by atoms with Gasteiger partial charge in [0.05, 0.1) is 18.5 Å². The largest absolute Gasteiger partial charge is 0.383 e. The van der Waals surface area contributed by atoms with Crippen LogP contribution >= 0.6 is 0 Å². The van der Waals surface area contributed by atoms with Crippen molar-refractivity contribution in [3.63, 3.8) is 0 Å². The molecule has 0 aliphatic heterocycles. The molecule has 3 aromatic heterocycles. The molecule has 0 aliphatic rings. The van der Waals surface area contributed by atoms with Crippen LogP contribution in [0.25, 0.3) is 22.3 Å². The summed E-state index contributed by atoms with van der Waals surface area (Å²) in [6.07, 6.45) is 3.06. The minimum absolute atomic E-state index is 0.180. The van der Waals surface area contributed by atoms with E-state index in [9.17, 15) is 9.59 Å². The second-order valence-electron chi connectivity index (χ2n) is 7.30. The maximum Gasteiger partial charge on any atom is 0.270 e. The lowest BCUT2D eigenvalue weighted by Crippen LogP contribution is -2.30. The number of carbonyl (C=O) groups is 2. The van der Waals surface area contributed by atoms with Gasteiger partial charge in [0.1, 0.15) is 17.1 Å². The number of hydrogen-bond donors (Lipinski definition) is 5. The van der Waals surface area contributed by atoms with Gasteiger partial charge in [0.15, 0.2) is 0 Å². The molecule has 0 aromatic carbocycles. The number of hydrogen-bond acceptors (Lipinski definition) is 7. The molecule has 0 fully saturated rings. The Bertz CT molecular complexity index is 1190. The van der Waals surface area contributed by atoms with E-state index in [0.717, 1.165) is 16.6 Å². The van der Waals surface area contributed by atoms with Crippen molar-refractivity contribution in [2.45, 2.75) is 13.8 Å². The fraction of sp³-hybridized carbons (Fsp3) is 0.273. The van der Waals surface area contributed by atoms with Gasteiger partial charge in [-0.2, -0.15) is 0 Å². The zero-order chi connectivity index (χ0) is 23.3. The summed E-state index contributed by atoms with van der Waals surface area (Å²) in [7, 11) is 1.56. The Morgan fingerprint density at radius 2 is 2.00 bits per heavy atom. The van der Waals surface area contributed by atoms with Gasteiger partial charge in [0, 0.05) is 48.1 Å². The lowest BCUT2D eigenvalue weighted by atomic mass is 10.0. The van der Waals surface area contributed by atoms with E-state index in [4.69, 9.17) is 15.6 Å². The number of H-pyrrole nitrogens is 1. The Kier molecular flexibility index (Phi) is 7.06.